The van der Waals surface area contributed by atoms with E-state index >= 15 is 0 Å². The van der Waals surface area contributed by atoms with Crippen LogP contribution in [0.4, 0.5) is 0 Å². The SMILES string of the molecule is CC(=O)C(=Cc1ccc(C)cc1)CC(=O)O. The molecule has 1 aromatic rings. The van der Waals surface area contributed by atoms with Gasteiger partial charge in [-0.2, -0.15) is 0 Å². The molecule has 0 aromatic heterocycles. The van der Waals surface area contributed by atoms with Gasteiger partial charge >= 0.3 is 5.97 Å². The average Bonchev–Trinajstić information content (AvgIpc) is 2.19. The van der Waals surface area contributed by atoms with Crippen LogP contribution in [-0.2, 0) is 9.59 Å². The Kier molecular flexibility index (Phi) is 4.00. The number of carbonyl (C=O) groups excluding carboxylic acids is 1. The quantitative estimate of drug-likeness (QED) is 0.790. The van der Waals surface area contributed by atoms with Crippen molar-refractivity contribution in [2.45, 2.75) is 20.3 Å². The van der Waals surface area contributed by atoms with Crippen molar-refractivity contribution in [1.82, 2.24) is 0 Å². The third-order valence-electron chi connectivity index (χ3n) is 2.21. The lowest BCUT2D eigenvalue weighted by Crippen LogP contribution is -2.04. The van der Waals surface area contributed by atoms with E-state index in [0.29, 0.717) is 5.57 Å². The summed E-state index contributed by atoms with van der Waals surface area (Å²) in [6.07, 6.45) is 1.39. The van der Waals surface area contributed by atoms with Gasteiger partial charge in [-0.3, -0.25) is 9.59 Å². The lowest BCUT2D eigenvalue weighted by molar-refractivity contribution is -0.136. The van der Waals surface area contributed by atoms with Gasteiger partial charge in [-0.25, -0.2) is 0 Å². The average molecular weight is 218 g/mol. The summed E-state index contributed by atoms with van der Waals surface area (Å²) in [4.78, 5) is 21.8. The van der Waals surface area contributed by atoms with E-state index in [4.69, 9.17) is 5.11 Å². The number of Topliss-reactive ketones (excluding diaryl/α,β-unsaturated/α-hetero) is 1. The number of carbonyl (C=O) groups is 2. The molecule has 84 valence electrons. The maximum Gasteiger partial charge on any atom is 0.307 e. The number of hydrogen-bond donors (Lipinski definition) is 1. The molecule has 0 fully saturated rings. The van der Waals surface area contributed by atoms with Crippen LogP contribution in [-0.4, -0.2) is 16.9 Å². The second-order valence-corrected chi connectivity index (χ2v) is 3.71. The molecule has 0 aliphatic rings. The van der Waals surface area contributed by atoms with E-state index in [-0.39, 0.29) is 12.2 Å². The molecule has 0 aliphatic carbocycles. The van der Waals surface area contributed by atoms with Crippen molar-refractivity contribution in [2.24, 2.45) is 0 Å². The minimum absolute atomic E-state index is 0.206. The lowest BCUT2D eigenvalue weighted by atomic mass is 10.0. The maximum atomic E-state index is 11.2. The second kappa shape index (κ2) is 5.26. The van der Waals surface area contributed by atoms with E-state index < -0.39 is 5.97 Å². The molecule has 0 heterocycles. The number of carboxylic acids is 1. The molecule has 0 saturated heterocycles. The first-order valence-electron chi connectivity index (χ1n) is 4.99. The molecular formula is C13H14O3. The van der Waals surface area contributed by atoms with E-state index in [0.717, 1.165) is 11.1 Å². The number of benzene rings is 1. The third kappa shape index (κ3) is 3.69. The molecule has 0 saturated carbocycles. The fraction of sp³-hybridized carbons (Fsp3) is 0.231. The van der Waals surface area contributed by atoms with Crippen molar-refractivity contribution in [3.8, 4) is 0 Å². The highest BCUT2D eigenvalue weighted by Crippen LogP contribution is 2.12. The Morgan fingerprint density at radius 1 is 1.25 bits per heavy atom. The van der Waals surface area contributed by atoms with Crippen LogP contribution in [0.5, 0.6) is 0 Å². The molecule has 0 unspecified atom stereocenters. The van der Waals surface area contributed by atoms with Gasteiger partial charge in [0.2, 0.25) is 0 Å². The molecule has 3 nitrogen and oxygen atoms in total. The molecular weight excluding hydrogens is 204 g/mol. The van der Waals surface area contributed by atoms with Gasteiger partial charge in [0.05, 0.1) is 6.42 Å². The van der Waals surface area contributed by atoms with E-state index in [1.54, 1.807) is 6.08 Å². The van der Waals surface area contributed by atoms with Crippen LogP contribution in [0.2, 0.25) is 0 Å². The van der Waals surface area contributed by atoms with E-state index in [9.17, 15) is 9.59 Å². The number of aryl methyl sites for hydroxylation is 1. The first kappa shape index (κ1) is 12.2. The second-order valence-electron chi connectivity index (χ2n) is 3.71. The zero-order valence-corrected chi connectivity index (χ0v) is 9.36. The van der Waals surface area contributed by atoms with Crippen molar-refractivity contribution in [2.75, 3.05) is 0 Å². The predicted molar refractivity (Wildman–Crippen MR) is 62.1 cm³/mol. The Hall–Kier alpha value is -1.90. The highest BCUT2D eigenvalue weighted by molar-refractivity contribution is 6.01. The number of hydrogen-bond acceptors (Lipinski definition) is 2. The monoisotopic (exact) mass is 218 g/mol. The van der Waals surface area contributed by atoms with Crippen LogP contribution < -0.4 is 0 Å². The Bertz CT molecular complexity index is 427. The summed E-state index contributed by atoms with van der Waals surface area (Å²) < 4.78 is 0. The summed E-state index contributed by atoms with van der Waals surface area (Å²) in [6.45, 7) is 3.35. The third-order valence-corrected chi connectivity index (χ3v) is 2.21. The van der Waals surface area contributed by atoms with Crippen LogP contribution >= 0.6 is 0 Å². The van der Waals surface area contributed by atoms with Gasteiger partial charge in [0.25, 0.3) is 0 Å². The van der Waals surface area contributed by atoms with Crippen molar-refractivity contribution >= 4 is 17.8 Å². The Labute approximate surface area is 94.4 Å². The van der Waals surface area contributed by atoms with Gasteiger partial charge in [0.15, 0.2) is 5.78 Å². The van der Waals surface area contributed by atoms with Gasteiger partial charge in [0, 0.05) is 5.57 Å². The van der Waals surface area contributed by atoms with Crippen LogP contribution in [0.25, 0.3) is 6.08 Å². The molecule has 0 radical (unpaired) electrons. The Morgan fingerprint density at radius 2 is 1.81 bits per heavy atom. The van der Waals surface area contributed by atoms with Crippen molar-refractivity contribution in [3.05, 3.63) is 41.0 Å². The smallest absolute Gasteiger partial charge is 0.307 e. The van der Waals surface area contributed by atoms with Crippen LogP contribution in [0.15, 0.2) is 29.8 Å². The van der Waals surface area contributed by atoms with Crippen molar-refractivity contribution in [1.29, 1.82) is 0 Å². The number of ketones is 1. The highest BCUT2D eigenvalue weighted by Gasteiger charge is 2.08. The minimum Gasteiger partial charge on any atom is -0.481 e. The summed E-state index contributed by atoms with van der Waals surface area (Å²) in [7, 11) is 0. The zero-order valence-electron chi connectivity index (χ0n) is 9.36. The largest absolute Gasteiger partial charge is 0.481 e. The molecule has 0 bridgehead atoms. The molecule has 16 heavy (non-hydrogen) atoms. The lowest BCUT2D eigenvalue weighted by Gasteiger charge is -2.01. The minimum atomic E-state index is -0.992. The van der Waals surface area contributed by atoms with Gasteiger partial charge in [-0.05, 0) is 25.5 Å². The van der Waals surface area contributed by atoms with Gasteiger partial charge in [-0.15, -0.1) is 0 Å². The van der Waals surface area contributed by atoms with E-state index in [1.165, 1.54) is 6.92 Å². The van der Waals surface area contributed by atoms with Gasteiger partial charge in [0.1, 0.15) is 0 Å². The number of rotatable bonds is 4. The molecule has 3 heteroatoms. The van der Waals surface area contributed by atoms with Crippen molar-refractivity contribution < 1.29 is 14.7 Å². The normalized spacial score (nSPS) is 11.2. The first-order chi connectivity index (χ1) is 7.49. The van der Waals surface area contributed by atoms with Gasteiger partial charge < -0.3 is 5.11 Å². The Morgan fingerprint density at radius 3 is 2.25 bits per heavy atom. The fourth-order valence-electron chi connectivity index (χ4n) is 1.30. The Balaban J connectivity index is 2.97. The fourth-order valence-corrected chi connectivity index (χ4v) is 1.30. The van der Waals surface area contributed by atoms with Crippen molar-refractivity contribution in [3.63, 3.8) is 0 Å². The zero-order chi connectivity index (χ0) is 12.1. The van der Waals surface area contributed by atoms with E-state index in [2.05, 4.69) is 0 Å². The standard InChI is InChI=1S/C13H14O3/c1-9-3-5-11(6-4-9)7-12(10(2)14)8-13(15)16/h3-7H,8H2,1-2H3,(H,15,16). The summed E-state index contributed by atoms with van der Waals surface area (Å²) in [5.74, 6) is -1.20. The van der Waals surface area contributed by atoms with Crippen LogP contribution in [0, 0.1) is 6.92 Å². The first-order valence-corrected chi connectivity index (χ1v) is 4.99. The predicted octanol–water partition coefficient (Wildman–Crippen LogP) is 2.44. The van der Waals surface area contributed by atoms with Gasteiger partial charge in [-0.1, -0.05) is 29.8 Å². The molecule has 0 spiro atoms. The molecule has 1 N–H and O–H groups in total. The molecule has 0 aliphatic heterocycles. The molecule has 1 rings (SSSR count). The summed E-state index contributed by atoms with van der Waals surface area (Å²) in [5.41, 5.74) is 2.29. The number of aliphatic carboxylic acids is 1. The summed E-state index contributed by atoms with van der Waals surface area (Å²) >= 11 is 0. The summed E-state index contributed by atoms with van der Waals surface area (Å²) in [5, 5.41) is 8.66. The topological polar surface area (TPSA) is 54.4 Å². The molecule has 0 atom stereocenters. The summed E-state index contributed by atoms with van der Waals surface area (Å²) in [6, 6.07) is 7.56. The highest BCUT2D eigenvalue weighted by atomic mass is 16.4. The van der Waals surface area contributed by atoms with Crippen LogP contribution in [0.1, 0.15) is 24.5 Å². The maximum absolute atomic E-state index is 11.2. The van der Waals surface area contributed by atoms with Crippen LogP contribution in [0.3, 0.4) is 0 Å². The van der Waals surface area contributed by atoms with E-state index in [1.807, 2.05) is 31.2 Å². The number of carboxylic acid groups (broad SMARTS) is 1. The molecule has 0 amide bonds. The molecule has 1 aromatic carbocycles.